The Morgan fingerprint density at radius 3 is 2.33 bits per heavy atom. The van der Waals surface area contributed by atoms with Gasteiger partial charge in [-0.3, -0.25) is 0 Å². The van der Waals surface area contributed by atoms with Crippen molar-refractivity contribution in [2.45, 2.75) is 39.4 Å². The lowest BCUT2D eigenvalue weighted by atomic mass is 10.2. The van der Waals surface area contributed by atoms with Crippen molar-refractivity contribution in [3.8, 4) is 0 Å². The molecule has 12 heavy (non-hydrogen) atoms. The van der Waals surface area contributed by atoms with E-state index in [0.717, 1.165) is 12.4 Å². The van der Waals surface area contributed by atoms with Crippen LogP contribution in [0.25, 0.3) is 0 Å². The molecular weight excluding hydrogens is 184 g/mol. The van der Waals surface area contributed by atoms with E-state index in [1.54, 1.807) is 0 Å². The first-order valence-electron chi connectivity index (χ1n) is 4.73. The highest BCUT2D eigenvalue weighted by molar-refractivity contribution is 7.80. The molecule has 1 nitrogen and oxygen atoms in total. The lowest BCUT2D eigenvalue weighted by Crippen LogP contribution is -2.31. The van der Waals surface area contributed by atoms with Gasteiger partial charge in [0.25, 0.3) is 0 Å². The maximum atomic E-state index is 5.90. The van der Waals surface area contributed by atoms with Crippen LogP contribution in [0.1, 0.15) is 20.3 Å². The van der Waals surface area contributed by atoms with Gasteiger partial charge in [-0.05, 0) is 37.2 Å². The van der Waals surface area contributed by atoms with E-state index in [9.17, 15) is 0 Å². The first-order chi connectivity index (χ1) is 5.48. The molecule has 74 valence electrons. The Morgan fingerprint density at radius 1 is 1.33 bits per heavy atom. The summed E-state index contributed by atoms with van der Waals surface area (Å²) in [5, 5.41) is 0. The van der Waals surface area contributed by atoms with Gasteiger partial charge in [-0.1, -0.05) is 13.8 Å². The van der Waals surface area contributed by atoms with Crippen molar-refractivity contribution in [2.75, 3.05) is 12.4 Å². The summed E-state index contributed by atoms with van der Waals surface area (Å²) in [6.07, 6.45) is 1.19. The van der Waals surface area contributed by atoms with E-state index >= 15 is 0 Å². The Kier molecular flexibility index (Phi) is 6.32. The maximum Gasteiger partial charge on any atom is 0.186 e. The van der Waals surface area contributed by atoms with Gasteiger partial charge in [0, 0.05) is 6.61 Å². The van der Waals surface area contributed by atoms with Crippen LogP contribution in [0, 0.1) is 5.92 Å². The molecule has 0 radical (unpaired) electrons. The summed E-state index contributed by atoms with van der Waals surface area (Å²) in [5.74, 6) is 1.65. The molecule has 0 aliphatic carbocycles. The van der Waals surface area contributed by atoms with Crippen LogP contribution in [0.3, 0.4) is 0 Å². The molecule has 0 saturated heterocycles. The molecular formula is C9H22OSSi. The SMILES string of the molecule is CC(C)CO[Si](C)(C)CCCS. The predicted molar refractivity (Wildman–Crippen MR) is 61.5 cm³/mol. The minimum atomic E-state index is -1.34. The largest absolute Gasteiger partial charge is 0.417 e. The quantitative estimate of drug-likeness (QED) is 0.519. The van der Waals surface area contributed by atoms with Gasteiger partial charge in [-0.25, -0.2) is 0 Å². The van der Waals surface area contributed by atoms with Gasteiger partial charge < -0.3 is 4.43 Å². The van der Waals surface area contributed by atoms with Crippen LogP contribution in [0.2, 0.25) is 19.1 Å². The third-order valence-electron chi connectivity index (χ3n) is 1.74. The topological polar surface area (TPSA) is 9.23 Å². The number of thiol groups is 1. The van der Waals surface area contributed by atoms with Crippen molar-refractivity contribution in [3.05, 3.63) is 0 Å². The third-order valence-corrected chi connectivity index (χ3v) is 4.57. The van der Waals surface area contributed by atoms with Gasteiger partial charge in [0.05, 0.1) is 0 Å². The molecule has 3 heteroatoms. The standard InChI is InChI=1S/C9H22OSSi/c1-9(2)8-10-12(3,4)7-5-6-11/h9,11H,5-8H2,1-4H3. The second-order valence-corrected chi connectivity index (χ2v) is 9.05. The van der Waals surface area contributed by atoms with Crippen LogP contribution >= 0.6 is 12.6 Å². The van der Waals surface area contributed by atoms with E-state index in [1.165, 1.54) is 12.5 Å². The molecule has 0 aromatic rings. The van der Waals surface area contributed by atoms with Crippen molar-refractivity contribution in [2.24, 2.45) is 5.92 Å². The monoisotopic (exact) mass is 206 g/mol. The summed E-state index contributed by atoms with van der Waals surface area (Å²) in [4.78, 5) is 0. The first kappa shape index (κ1) is 12.5. The summed E-state index contributed by atoms with van der Waals surface area (Å²) in [7, 11) is -1.34. The first-order valence-corrected chi connectivity index (χ1v) is 8.47. The molecule has 0 heterocycles. The van der Waals surface area contributed by atoms with Gasteiger partial charge in [-0.2, -0.15) is 12.6 Å². The van der Waals surface area contributed by atoms with Gasteiger partial charge in [0.15, 0.2) is 8.32 Å². The lowest BCUT2D eigenvalue weighted by molar-refractivity contribution is 0.260. The summed E-state index contributed by atoms with van der Waals surface area (Å²) < 4.78 is 5.90. The van der Waals surface area contributed by atoms with Crippen molar-refractivity contribution < 1.29 is 4.43 Å². The van der Waals surface area contributed by atoms with Crippen LogP contribution in [0.4, 0.5) is 0 Å². The highest BCUT2D eigenvalue weighted by atomic mass is 32.1. The Bertz CT molecular complexity index is 115. The van der Waals surface area contributed by atoms with Gasteiger partial charge in [0.2, 0.25) is 0 Å². The van der Waals surface area contributed by atoms with Gasteiger partial charge in [0.1, 0.15) is 0 Å². The third kappa shape index (κ3) is 7.19. The molecule has 0 spiro atoms. The molecule has 0 aliphatic rings. The Morgan fingerprint density at radius 2 is 1.92 bits per heavy atom. The lowest BCUT2D eigenvalue weighted by Gasteiger charge is -2.23. The van der Waals surface area contributed by atoms with Crippen LogP contribution < -0.4 is 0 Å². The summed E-state index contributed by atoms with van der Waals surface area (Å²) in [5.41, 5.74) is 0. The van der Waals surface area contributed by atoms with Crippen molar-refractivity contribution in [1.82, 2.24) is 0 Å². The van der Waals surface area contributed by atoms with E-state index in [0.29, 0.717) is 5.92 Å². The molecule has 0 rings (SSSR count). The zero-order valence-electron chi connectivity index (χ0n) is 8.76. The average molecular weight is 206 g/mol. The van der Waals surface area contributed by atoms with Crippen molar-refractivity contribution >= 4 is 20.9 Å². The fourth-order valence-electron chi connectivity index (χ4n) is 0.969. The van der Waals surface area contributed by atoms with Crippen LogP contribution in [0.5, 0.6) is 0 Å². The molecule has 0 N–H and O–H groups in total. The van der Waals surface area contributed by atoms with E-state index in [2.05, 4.69) is 39.6 Å². The van der Waals surface area contributed by atoms with Crippen molar-refractivity contribution in [1.29, 1.82) is 0 Å². The second kappa shape index (κ2) is 6.05. The minimum absolute atomic E-state index is 0.660. The van der Waals surface area contributed by atoms with Gasteiger partial charge >= 0.3 is 0 Å². The molecule has 0 aliphatic heterocycles. The zero-order chi connectivity index (χ0) is 9.61. The normalized spacial score (nSPS) is 12.5. The smallest absolute Gasteiger partial charge is 0.186 e. The molecule has 0 aromatic heterocycles. The van der Waals surface area contributed by atoms with E-state index in [4.69, 9.17) is 4.43 Å². The molecule has 0 fully saturated rings. The number of rotatable bonds is 6. The average Bonchev–Trinajstić information content (AvgIpc) is 1.98. The Balaban J connectivity index is 3.56. The van der Waals surface area contributed by atoms with E-state index in [1.807, 2.05) is 0 Å². The minimum Gasteiger partial charge on any atom is -0.417 e. The molecule has 0 atom stereocenters. The van der Waals surface area contributed by atoms with Gasteiger partial charge in [-0.15, -0.1) is 0 Å². The van der Waals surface area contributed by atoms with Crippen LogP contribution in [-0.2, 0) is 4.43 Å². The highest BCUT2D eigenvalue weighted by Gasteiger charge is 2.21. The Labute approximate surface area is 83.4 Å². The van der Waals surface area contributed by atoms with E-state index in [-0.39, 0.29) is 0 Å². The summed E-state index contributed by atoms with van der Waals surface area (Å²) in [6, 6.07) is 1.24. The molecule has 0 saturated carbocycles. The molecule has 0 aromatic carbocycles. The van der Waals surface area contributed by atoms with Crippen molar-refractivity contribution in [3.63, 3.8) is 0 Å². The van der Waals surface area contributed by atoms with E-state index < -0.39 is 8.32 Å². The fraction of sp³-hybridized carbons (Fsp3) is 1.00. The second-order valence-electron chi connectivity index (χ2n) is 4.29. The Hall–Kier alpha value is 0.527. The maximum absolute atomic E-state index is 5.90. The summed E-state index contributed by atoms with van der Waals surface area (Å²) in [6.45, 7) is 9.90. The molecule has 0 bridgehead atoms. The number of hydrogen-bond donors (Lipinski definition) is 1. The zero-order valence-corrected chi connectivity index (χ0v) is 10.7. The van der Waals surface area contributed by atoms with Crippen LogP contribution in [0.15, 0.2) is 0 Å². The summed E-state index contributed by atoms with van der Waals surface area (Å²) >= 11 is 4.21. The highest BCUT2D eigenvalue weighted by Crippen LogP contribution is 2.15. The molecule has 0 unspecified atom stereocenters. The fourth-order valence-corrected chi connectivity index (χ4v) is 3.38. The predicted octanol–water partition coefficient (Wildman–Crippen LogP) is 3.18. The number of hydrogen-bond acceptors (Lipinski definition) is 2. The van der Waals surface area contributed by atoms with Crippen LogP contribution in [-0.4, -0.2) is 20.7 Å². The molecule has 0 amide bonds.